The van der Waals surface area contributed by atoms with Gasteiger partial charge >= 0.3 is 0 Å². The molecule has 2 atom stereocenters. The van der Waals surface area contributed by atoms with Crippen molar-refractivity contribution in [2.45, 2.75) is 50.8 Å². The van der Waals surface area contributed by atoms with Crippen LogP contribution < -0.4 is 5.73 Å². The summed E-state index contributed by atoms with van der Waals surface area (Å²) in [4.78, 5) is 13.8. The van der Waals surface area contributed by atoms with Crippen LogP contribution in [0.2, 0.25) is 0 Å². The van der Waals surface area contributed by atoms with E-state index in [4.69, 9.17) is 20.4 Å². The molecule has 1 aromatic carbocycles. The van der Waals surface area contributed by atoms with Gasteiger partial charge in [0, 0.05) is 43.1 Å². The van der Waals surface area contributed by atoms with Crippen LogP contribution in [0.25, 0.3) is 0 Å². The van der Waals surface area contributed by atoms with Gasteiger partial charge in [-0.15, -0.1) is 10.2 Å². The number of aliphatic carboxylic acids is 1. The number of hydrogen-bond acceptors (Lipinski definition) is 7. The first-order valence-corrected chi connectivity index (χ1v) is 11.7. The van der Waals surface area contributed by atoms with Gasteiger partial charge in [0.25, 0.3) is 5.97 Å². The summed E-state index contributed by atoms with van der Waals surface area (Å²) in [7, 11) is 0. The smallest absolute Gasteiger partial charge is 0.300 e. The summed E-state index contributed by atoms with van der Waals surface area (Å²) >= 11 is 3.49. The van der Waals surface area contributed by atoms with Gasteiger partial charge in [-0.2, -0.15) is 0 Å². The monoisotopic (exact) mass is 511 g/mol. The summed E-state index contributed by atoms with van der Waals surface area (Å²) in [5, 5.41) is 15.6. The van der Waals surface area contributed by atoms with Crippen molar-refractivity contribution in [1.29, 1.82) is 0 Å². The van der Waals surface area contributed by atoms with Crippen LogP contribution >= 0.6 is 15.9 Å². The van der Waals surface area contributed by atoms with Crippen LogP contribution in [0.15, 0.2) is 38.9 Å². The molecular weight excluding hydrogens is 481 g/mol. The Hall–Kier alpha value is -2.04. The molecule has 8 nitrogen and oxygen atoms in total. The van der Waals surface area contributed by atoms with Crippen molar-refractivity contribution in [3.63, 3.8) is 0 Å². The number of carboxylic acids is 1. The number of piperidine rings is 1. The van der Waals surface area contributed by atoms with Crippen LogP contribution in [0.3, 0.4) is 0 Å². The van der Waals surface area contributed by atoms with Crippen LogP contribution in [0.4, 0.5) is 4.39 Å². The Bertz CT molecular complexity index is 823. The summed E-state index contributed by atoms with van der Waals surface area (Å²) in [5.41, 5.74) is 7.04. The van der Waals surface area contributed by atoms with E-state index in [0.717, 1.165) is 49.6 Å². The highest BCUT2D eigenvalue weighted by Gasteiger charge is 2.36. The number of amidine groups is 2. The van der Waals surface area contributed by atoms with Gasteiger partial charge in [-0.3, -0.25) is 9.69 Å². The van der Waals surface area contributed by atoms with E-state index >= 15 is 0 Å². The summed E-state index contributed by atoms with van der Waals surface area (Å²) in [6.07, 6.45) is 3.33. The van der Waals surface area contributed by atoms with Gasteiger partial charge in [-0.1, -0.05) is 28.1 Å². The minimum absolute atomic E-state index is 0.281. The van der Waals surface area contributed by atoms with Crippen LogP contribution in [-0.4, -0.2) is 83.7 Å². The first-order chi connectivity index (χ1) is 15.4. The van der Waals surface area contributed by atoms with Gasteiger partial charge in [0.15, 0.2) is 0 Å². The topological polar surface area (TPSA) is 104 Å². The zero-order valence-electron chi connectivity index (χ0n) is 18.3. The molecule has 3 N–H and O–H groups in total. The zero-order valence-corrected chi connectivity index (χ0v) is 19.9. The predicted octanol–water partition coefficient (Wildman–Crippen LogP) is 2.66. The SMILES string of the molecule is CC(=O)O.NC1=NN=C(N2CCC(N3C[C@H](CF)OC[C@@H]3Cc3ccc(Br)cc3)CC2)C1. The van der Waals surface area contributed by atoms with Crippen molar-refractivity contribution >= 4 is 33.6 Å². The molecule has 0 aliphatic carbocycles. The highest BCUT2D eigenvalue weighted by molar-refractivity contribution is 9.10. The molecule has 0 aromatic heterocycles. The predicted molar refractivity (Wildman–Crippen MR) is 126 cm³/mol. The number of rotatable bonds is 4. The second-order valence-electron chi connectivity index (χ2n) is 8.31. The molecular formula is C22H31BrFN5O3. The minimum Gasteiger partial charge on any atom is -0.481 e. The first-order valence-electron chi connectivity index (χ1n) is 10.9. The van der Waals surface area contributed by atoms with Crippen LogP contribution in [0.5, 0.6) is 0 Å². The number of carbonyl (C=O) groups is 1. The van der Waals surface area contributed by atoms with E-state index in [0.29, 0.717) is 31.4 Å². The van der Waals surface area contributed by atoms with Gasteiger partial charge in [0.1, 0.15) is 18.3 Å². The number of nitrogens with two attached hydrogens (primary N) is 1. The largest absolute Gasteiger partial charge is 0.481 e. The Morgan fingerprint density at radius 2 is 1.94 bits per heavy atom. The fourth-order valence-electron chi connectivity index (χ4n) is 4.37. The van der Waals surface area contributed by atoms with E-state index in [1.54, 1.807) is 0 Å². The van der Waals surface area contributed by atoms with Crippen LogP contribution in [0.1, 0.15) is 31.7 Å². The van der Waals surface area contributed by atoms with E-state index in [-0.39, 0.29) is 12.1 Å². The van der Waals surface area contributed by atoms with Crippen molar-refractivity contribution in [2.24, 2.45) is 15.9 Å². The minimum atomic E-state index is -0.833. The second-order valence-corrected chi connectivity index (χ2v) is 9.23. The molecule has 10 heteroatoms. The number of carboxylic acid groups (broad SMARTS) is 1. The Kier molecular flexibility index (Phi) is 9.01. The molecule has 0 saturated carbocycles. The van der Waals surface area contributed by atoms with E-state index in [2.05, 4.69) is 60.2 Å². The molecule has 3 aliphatic heterocycles. The summed E-state index contributed by atoms with van der Waals surface area (Å²) < 4.78 is 20.2. The Labute approximate surface area is 196 Å². The Morgan fingerprint density at radius 3 is 2.50 bits per heavy atom. The lowest BCUT2D eigenvalue weighted by atomic mass is 9.96. The van der Waals surface area contributed by atoms with Crippen LogP contribution in [0, 0.1) is 0 Å². The van der Waals surface area contributed by atoms with E-state index < -0.39 is 12.6 Å². The summed E-state index contributed by atoms with van der Waals surface area (Å²) in [6, 6.07) is 9.16. The summed E-state index contributed by atoms with van der Waals surface area (Å²) in [6.45, 7) is 3.79. The number of alkyl halides is 1. The molecule has 0 amide bonds. The highest BCUT2D eigenvalue weighted by Crippen LogP contribution is 2.26. The lowest BCUT2D eigenvalue weighted by Gasteiger charge is -2.46. The molecule has 176 valence electrons. The molecule has 2 fully saturated rings. The lowest BCUT2D eigenvalue weighted by molar-refractivity contribution is -0.134. The van der Waals surface area contributed by atoms with Gasteiger partial charge in [-0.05, 0) is 37.0 Å². The van der Waals surface area contributed by atoms with E-state index in [1.807, 2.05) is 0 Å². The van der Waals surface area contributed by atoms with Crippen molar-refractivity contribution in [3.8, 4) is 0 Å². The fraction of sp³-hybridized carbons (Fsp3) is 0.591. The van der Waals surface area contributed by atoms with Crippen molar-refractivity contribution < 1.29 is 19.0 Å². The molecule has 3 heterocycles. The maximum Gasteiger partial charge on any atom is 0.300 e. The van der Waals surface area contributed by atoms with Crippen molar-refractivity contribution in [1.82, 2.24) is 9.80 Å². The molecule has 0 bridgehead atoms. The molecule has 0 radical (unpaired) electrons. The Morgan fingerprint density at radius 1 is 1.28 bits per heavy atom. The Balaban J connectivity index is 0.000000668. The fourth-order valence-corrected chi connectivity index (χ4v) is 4.64. The number of halogens is 2. The first kappa shape index (κ1) is 24.6. The van der Waals surface area contributed by atoms with Gasteiger partial charge < -0.3 is 20.5 Å². The second kappa shape index (κ2) is 11.7. The quantitative estimate of drug-likeness (QED) is 0.643. The third-order valence-electron chi connectivity index (χ3n) is 5.90. The third kappa shape index (κ3) is 6.98. The van der Waals surface area contributed by atoms with Crippen molar-refractivity contribution in [3.05, 3.63) is 34.3 Å². The standard InChI is InChI=1S/C20H27BrFN5O.C2H4O2/c21-15-3-1-14(2-4-15)9-17-13-28-18(11-22)12-27(17)16-5-7-26(8-6-16)20-10-19(23)24-25-20;1-2(3)4/h1-4,16-18H,5-13H2,(H2,23,24);1H3,(H,3,4)/t17-,18-;/m0./s1. The maximum absolute atomic E-state index is 13.3. The third-order valence-corrected chi connectivity index (χ3v) is 6.42. The lowest BCUT2D eigenvalue weighted by Crippen LogP contribution is -2.57. The van der Waals surface area contributed by atoms with Crippen LogP contribution in [-0.2, 0) is 16.0 Å². The number of ether oxygens (including phenoxy) is 1. The normalized spacial score (nSPS) is 24.4. The van der Waals surface area contributed by atoms with Crippen molar-refractivity contribution in [2.75, 3.05) is 32.9 Å². The zero-order chi connectivity index (χ0) is 23.1. The average Bonchev–Trinajstić information content (AvgIpc) is 3.22. The van der Waals surface area contributed by atoms with Gasteiger partial charge in [0.2, 0.25) is 0 Å². The molecule has 3 aliphatic rings. The molecule has 2 saturated heterocycles. The van der Waals surface area contributed by atoms with E-state index in [9.17, 15) is 4.39 Å². The van der Waals surface area contributed by atoms with Gasteiger partial charge in [0.05, 0.1) is 19.1 Å². The number of benzene rings is 1. The molecule has 0 spiro atoms. The molecule has 32 heavy (non-hydrogen) atoms. The number of hydrogen-bond donors (Lipinski definition) is 2. The molecule has 4 rings (SSSR count). The number of likely N-dealkylation sites (tertiary alicyclic amines) is 1. The molecule has 1 aromatic rings. The molecule has 0 unspecified atom stereocenters. The summed E-state index contributed by atoms with van der Waals surface area (Å²) in [5.74, 6) is 0.733. The van der Waals surface area contributed by atoms with Gasteiger partial charge in [-0.25, -0.2) is 4.39 Å². The number of nitrogens with zero attached hydrogens (tertiary/aromatic N) is 4. The average molecular weight is 512 g/mol. The number of morpholine rings is 1. The van der Waals surface area contributed by atoms with E-state index in [1.165, 1.54) is 5.56 Å². The highest BCUT2D eigenvalue weighted by atomic mass is 79.9. The maximum atomic E-state index is 13.3.